The molecule has 4 heteroatoms. The normalized spacial score (nSPS) is 8.71. The minimum absolute atomic E-state index is 0.348. The molecule has 0 spiro atoms. The van der Waals surface area contributed by atoms with Gasteiger partial charge in [-0.1, -0.05) is 11.3 Å². The van der Waals surface area contributed by atoms with E-state index in [0.29, 0.717) is 6.61 Å². The number of thiophene rings is 1. The van der Waals surface area contributed by atoms with Crippen molar-refractivity contribution in [3.05, 3.63) is 17.0 Å². The second kappa shape index (κ2) is 5.30. The number of rotatable bonds is 2. The van der Waals surface area contributed by atoms with Gasteiger partial charge in [-0.25, -0.2) is 4.79 Å². The van der Waals surface area contributed by atoms with E-state index >= 15 is 0 Å². The van der Waals surface area contributed by atoms with Gasteiger partial charge >= 0.3 is 5.97 Å². The highest BCUT2D eigenvalue weighted by atomic mass is 32.1. The molecule has 0 aliphatic heterocycles. The van der Waals surface area contributed by atoms with Crippen molar-refractivity contribution >= 4 is 17.3 Å². The molecular weight excluding hydrogens is 200 g/mol. The summed E-state index contributed by atoms with van der Waals surface area (Å²) in [6, 6.07) is 3.61. The van der Waals surface area contributed by atoms with Gasteiger partial charge in [0.2, 0.25) is 0 Å². The smallest absolute Gasteiger partial charge is 0.384 e. The van der Waals surface area contributed by atoms with Crippen molar-refractivity contribution in [1.29, 1.82) is 0 Å². The third kappa shape index (κ3) is 3.11. The minimum Gasteiger partial charge on any atom is -0.487 e. The Hall–Kier alpha value is -1.47. The van der Waals surface area contributed by atoms with Crippen molar-refractivity contribution in [3.63, 3.8) is 0 Å². The van der Waals surface area contributed by atoms with Crippen LogP contribution in [-0.4, -0.2) is 19.7 Å². The summed E-state index contributed by atoms with van der Waals surface area (Å²) in [4.78, 5) is 11.7. The molecule has 0 amide bonds. The van der Waals surface area contributed by atoms with Gasteiger partial charge in [0.15, 0.2) is 5.06 Å². The van der Waals surface area contributed by atoms with Crippen molar-refractivity contribution in [2.45, 2.75) is 6.92 Å². The monoisotopic (exact) mass is 210 g/mol. The topological polar surface area (TPSA) is 35.5 Å². The van der Waals surface area contributed by atoms with Gasteiger partial charge in [-0.3, -0.25) is 0 Å². The highest BCUT2D eigenvalue weighted by Gasteiger charge is 1.97. The highest BCUT2D eigenvalue weighted by molar-refractivity contribution is 7.14. The van der Waals surface area contributed by atoms with Crippen molar-refractivity contribution in [3.8, 4) is 16.9 Å². The summed E-state index contributed by atoms with van der Waals surface area (Å²) in [5, 5.41) is 0.776. The van der Waals surface area contributed by atoms with Crippen molar-refractivity contribution < 1.29 is 14.3 Å². The van der Waals surface area contributed by atoms with Crippen LogP contribution in [0.3, 0.4) is 0 Å². The van der Waals surface area contributed by atoms with Gasteiger partial charge in [0.05, 0.1) is 18.6 Å². The predicted molar refractivity (Wildman–Crippen MR) is 54.4 cm³/mol. The molecule has 1 rings (SSSR count). The van der Waals surface area contributed by atoms with E-state index in [2.05, 4.69) is 16.6 Å². The van der Waals surface area contributed by atoms with Crippen LogP contribution in [0.25, 0.3) is 0 Å². The molecule has 0 aromatic carbocycles. The summed E-state index contributed by atoms with van der Waals surface area (Å²) in [6.07, 6.45) is 0. The lowest BCUT2D eigenvalue weighted by molar-refractivity contribution is -0.136. The number of hydrogen-bond donors (Lipinski definition) is 0. The molecule has 0 atom stereocenters. The average Bonchev–Trinajstić information content (AvgIpc) is 2.63. The number of carbonyl (C=O) groups excluding carboxylic acids is 1. The van der Waals surface area contributed by atoms with Gasteiger partial charge in [0.1, 0.15) is 0 Å². The van der Waals surface area contributed by atoms with E-state index in [1.54, 1.807) is 26.2 Å². The lowest BCUT2D eigenvalue weighted by Crippen LogP contribution is -1.99. The van der Waals surface area contributed by atoms with E-state index in [0.717, 1.165) is 9.94 Å². The molecular formula is C10H10O3S. The number of hydrogen-bond acceptors (Lipinski definition) is 4. The molecule has 0 unspecified atom stereocenters. The van der Waals surface area contributed by atoms with E-state index in [4.69, 9.17) is 4.74 Å². The quantitative estimate of drug-likeness (QED) is 0.550. The Labute approximate surface area is 86.6 Å². The van der Waals surface area contributed by atoms with Crippen LogP contribution in [0.4, 0.5) is 0 Å². The van der Waals surface area contributed by atoms with Crippen LogP contribution < -0.4 is 4.74 Å². The zero-order valence-corrected chi connectivity index (χ0v) is 8.81. The molecule has 0 aliphatic carbocycles. The Morgan fingerprint density at radius 1 is 1.57 bits per heavy atom. The fourth-order valence-corrected chi connectivity index (χ4v) is 1.45. The fourth-order valence-electron chi connectivity index (χ4n) is 0.777. The number of carbonyl (C=O) groups is 1. The first-order valence-corrected chi connectivity index (χ1v) is 4.90. The number of esters is 1. The molecule has 0 radical (unpaired) electrons. The maximum absolute atomic E-state index is 10.9. The van der Waals surface area contributed by atoms with Crippen molar-refractivity contribution in [2.75, 3.05) is 13.7 Å². The summed E-state index contributed by atoms with van der Waals surface area (Å²) in [5.41, 5.74) is 0. The molecule has 0 saturated carbocycles. The molecule has 74 valence electrons. The van der Waals surface area contributed by atoms with Crippen LogP contribution in [0.2, 0.25) is 0 Å². The third-order valence-electron chi connectivity index (χ3n) is 1.35. The largest absolute Gasteiger partial charge is 0.487 e. The Morgan fingerprint density at radius 3 is 2.93 bits per heavy atom. The molecule has 1 aromatic rings. The first kappa shape index (κ1) is 10.6. The van der Waals surface area contributed by atoms with Crippen molar-refractivity contribution in [1.82, 2.24) is 0 Å². The number of methoxy groups -OCH3 is 1. The molecule has 0 fully saturated rings. The predicted octanol–water partition coefficient (Wildman–Crippen LogP) is 1.67. The molecule has 1 aromatic heterocycles. The molecule has 1 heterocycles. The van der Waals surface area contributed by atoms with Gasteiger partial charge in [0, 0.05) is 5.92 Å². The molecule has 0 aliphatic rings. The zero-order valence-electron chi connectivity index (χ0n) is 7.99. The van der Waals surface area contributed by atoms with Gasteiger partial charge in [-0.15, -0.1) is 0 Å². The van der Waals surface area contributed by atoms with E-state index in [-0.39, 0.29) is 0 Å². The summed E-state index contributed by atoms with van der Waals surface area (Å²) in [6.45, 7) is 2.09. The minimum atomic E-state index is -0.500. The summed E-state index contributed by atoms with van der Waals surface area (Å²) in [7, 11) is 1.59. The molecule has 14 heavy (non-hydrogen) atoms. The highest BCUT2D eigenvalue weighted by Crippen LogP contribution is 2.22. The van der Waals surface area contributed by atoms with Crippen molar-refractivity contribution in [2.24, 2.45) is 0 Å². The van der Waals surface area contributed by atoms with Crippen LogP contribution in [0.5, 0.6) is 5.06 Å². The van der Waals surface area contributed by atoms with E-state index < -0.39 is 5.97 Å². The van der Waals surface area contributed by atoms with Gasteiger partial charge in [-0.05, 0) is 25.0 Å². The lowest BCUT2D eigenvalue weighted by Gasteiger charge is -1.90. The van der Waals surface area contributed by atoms with Crippen LogP contribution in [-0.2, 0) is 9.53 Å². The van der Waals surface area contributed by atoms with Crippen LogP contribution >= 0.6 is 11.3 Å². The second-order valence-electron chi connectivity index (χ2n) is 2.29. The standard InChI is InChI=1S/C10H10O3S/c1-3-13-9(11)6-4-8-5-7-10(12-2)14-8/h5,7H,3H2,1-2H3. The fraction of sp³-hybridized carbons (Fsp3) is 0.300. The van der Waals surface area contributed by atoms with E-state index in [1.165, 1.54) is 11.3 Å². The SMILES string of the molecule is CCOC(=O)C#Cc1ccc(OC)s1. The molecule has 0 saturated heterocycles. The summed E-state index contributed by atoms with van der Waals surface area (Å²) >= 11 is 1.39. The Bertz CT molecular complexity index is 370. The first-order chi connectivity index (χ1) is 6.76. The molecule has 3 nitrogen and oxygen atoms in total. The lowest BCUT2D eigenvalue weighted by atomic mass is 10.4. The van der Waals surface area contributed by atoms with Crippen LogP contribution in [0, 0.1) is 11.8 Å². The van der Waals surface area contributed by atoms with Crippen LogP contribution in [0.1, 0.15) is 11.8 Å². The molecule has 0 bridgehead atoms. The third-order valence-corrected chi connectivity index (χ3v) is 2.31. The van der Waals surface area contributed by atoms with Gasteiger partial charge < -0.3 is 9.47 Å². The first-order valence-electron chi connectivity index (χ1n) is 4.09. The average molecular weight is 210 g/mol. The second-order valence-corrected chi connectivity index (χ2v) is 3.34. The van der Waals surface area contributed by atoms with Crippen LogP contribution in [0.15, 0.2) is 12.1 Å². The number of ether oxygens (including phenoxy) is 2. The molecule has 0 N–H and O–H groups in total. The Balaban J connectivity index is 2.62. The summed E-state index contributed by atoms with van der Waals surface area (Å²) in [5.74, 6) is 4.58. The maximum Gasteiger partial charge on any atom is 0.384 e. The zero-order chi connectivity index (χ0) is 10.4. The Kier molecular flexibility index (Phi) is 4.02. The van der Waals surface area contributed by atoms with E-state index in [1.807, 2.05) is 0 Å². The van der Waals surface area contributed by atoms with E-state index in [9.17, 15) is 4.79 Å². The van der Waals surface area contributed by atoms with Gasteiger partial charge in [-0.2, -0.15) is 0 Å². The summed E-state index contributed by atoms with van der Waals surface area (Å²) < 4.78 is 9.64. The van der Waals surface area contributed by atoms with Gasteiger partial charge in [0.25, 0.3) is 0 Å². The maximum atomic E-state index is 10.9. The Morgan fingerprint density at radius 2 is 2.36 bits per heavy atom.